The van der Waals surface area contributed by atoms with Crippen LogP contribution in [0, 0.1) is 0 Å². The van der Waals surface area contributed by atoms with Gasteiger partial charge in [-0.05, 0) is 19.1 Å². The summed E-state index contributed by atoms with van der Waals surface area (Å²) in [5.74, 6) is 1.54. The fourth-order valence-corrected chi connectivity index (χ4v) is 1.76. The maximum atomic E-state index is 5.19. The Hall–Kier alpha value is -2.48. The third kappa shape index (κ3) is 2.91. The molecule has 0 bridgehead atoms. The van der Waals surface area contributed by atoms with Gasteiger partial charge in [-0.15, -0.1) is 0 Å². The molecule has 1 N–H and O–H groups in total. The first-order chi connectivity index (χ1) is 9.81. The summed E-state index contributed by atoms with van der Waals surface area (Å²) < 4.78 is 12.1. The Bertz CT molecular complexity index is 631. The highest BCUT2D eigenvalue weighted by Crippen LogP contribution is 2.16. The summed E-state index contributed by atoms with van der Waals surface area (Å²) in [6.45, 7) is 3.29. The molecule has 0 radical (unpaired) electrons. The molecule has 0 aliphatic heterocycles. The molecule has 0 fully saturated rings. The topological polar surface area (TPSA) is 94.8 Å². The summed E-state index contributed by atoms with van der Waals surface area (Å²) >= 11 is 0. The summed E-state index contributed by atoms with van der Waals surface area (Å²) in [5.41, 5.74) is 0. The van der Waals surface area contributed by atoms with Crippen molar-refractivity contribution in [1.82, 2.24) is 30.2 Å². The first kappa shape index (κ1) is 12.5. The third-order valence-electron chi connectivity index (χ3n) is 2.74. The lowest BCUT2D eigenvalue weighted by Gasteiger charge is -2.11. The van der Waals surface area contributed by atoms with E-state index < -0.39 is 0 Å². The second kappa shape index (κ2) is 5.66. The lowest BCUT2D eigenvalue weighted by molar-refractivity contribution is 0.398. The molecule has 0 saturated heterocycles. The number of hydrogen-bond donors (Lipinski definition) is 1. The minimum absolute atomic E-state index is 0.210. The van der Waals surface area contributed by atoms with Crippen LogP contribution in [0.15, 0.2) is 40.0 Å². The Kier molecular flexibility index (Phi) is 3.55. The van der Waals surface area contributed by atoms with E-state index in [-0.39, 0.29) is 6.04 Å². The highest BCUT2D eigenvalue weighted by atomic mass is 16.5. The lowest BCUT2D eigenvalue weighted by Crippen LogP contribution is -2.30. The van der Waals surface area contributed by atoms with Gasteiger partial charge in [0.2, 0.25) is 0 Å². The average molecular weight is 274 g/mol. The van der Waals surface area contributed by atoms with E-state index in [2.05, 4.69) is 32.5 Å². The van der Waals surface area contributed by atoms with E-state index in [1.54, 1.807) is 29.4 Å². The van der Waals surface area contributed by atoms with Crippen molar-refractivity contribution in [3.8, 4) is 11.7 Å². The van der Waals surface area contributed by atoms with Crippen molar-refractivity contribution >= 4 is 0 Å². The van der Waals surface area contributed by atoms with E-state index >= 15 is 0 Å². The van der Waals surface area contributed by atoms with Crippen LogP contribution in [0.2, 0.25) is 0 Å². The summed E-state index contributed by atoms with van der Waals surface area (Å²) in [6, 6.07) is 3.76. The van der Waals surface area contributed by atoms with Crippen LogP contribution < -0.4 is 5.32 Å². The van der Waals surface area contributed by atoms with Crippen molar-refractivity contribution in [1.29, 1.82) is 0 Å². The van der Waals surface area contributed by atoms with Crippen LogP contribution in [0.1, 0.15) is 12.7 Å². The van der Waals surface area contributed by atoms with E-state index in [0.29, 0.717) is 24.0 Å². The Balaban J connectivity index is 1.53. The van der Waals surface area contributed by atoms with Gasteiger partial charge in [0.05, 0.1) is 19.4 Å². The standard InChI is InChI=1S/C12H14N6O2/c1-9(6-18-8-13-7-15-18)14-5-11-16-12(20-17-11)10-3-2-4-19-10/h2-4,7-9,14H,5-6H2,1H3/t9-/m1/s1. The fraction of sp³-hybridized carbons (Fsp3) is 0.333. The Labute approximate surface area is 114 Å². The van der Waals surface area contributed by atoms with E-state index in [9.17, 15) is 0 Å². The van der Waals surface area contributed by atoms with Crippen molar-refractivity contribution in [2.75, 3.05) is 0 Å². The minimum atomic E-state index is 0.210. The van der Waals surface area contributed by atoms with Gasteiger partial charge >= 0.3 is 0 Å². The van der Waals surface area contributed by atoms with E-state index in [1.807, 2.05) is 0 Å². The molecule has 3 heterocycles. The van der Waals surface area contributed by atoms with Crippen LogP contribution >= 0.6 is 0 Å². The molecule has 0 unspecified atom stereocenters. The molecule has 0 aromatic carbocycles. The van der Waals surface area contributed by atoms with Gasteiger partial charge in [-0.25, -0.2) is 4.98 Å². The predicted octanol–water partition coefficient (Wildman–Crippen LogP) is 1.10. The highest BCUT2D eigenvalue weighted by Gasteiger charge is 2.11. The quantitative estimate of drug-likeness (QED) is 0.719. The van der Waals surface area contributed by atoms with Gasteiger partial charge in [-0.1, -0.05) is 5.16 Å². The molecular formula is C12H14N6O2. The molecule has 104 valence electrons. The van der Waals surface area contributed by atoms with E-state index in [4.69, 9.17) is 8.94 Å². The van der Waals surface area contributed by atoms with Gasteiger partial charge < -0.3 is 14.3 Å². The average Bonchev–Trinajstić information content (AvgIpc) is 3.18. The summed E-state index contributed by atoms with van der Waals surface area (Å²) in [4.78, 5) is 8.15. The molecule has 3 aromatic rings. The third-order valence-corrected chi connectivity index (χ3v) is 2.74. The van der Waals surface area contributed by atoms with Crippen LogP contribution in [-0.2, 0) is 13.1 Å². The normalized spacial score (nSPS) is 12.7. The van der Waals surface area contributed by atoms with Gasteiger partial charge in [0.15, 0.2) is 11.6 Å². The Morgan fingerprint density at radius 2 is 2.40 bits per heavy atom. The zero-order valence-corrected chi connectivity index (χ0v) is 10.9. The van der Waals surface area contributed by atoms with Crippen LogP contribution in [0.3, 0.4) is 0 Å². The number of nitrogens with one attached hydrogen (secondary N) is 1. The van der Waals surface area contributed by atoms with Crippen LogP contribution in [-0.4, -0.2) is 30.9 Å². The van der Waals surface area contributed by atoms with Gasteiger partial charge in [0.25, 0.3) is 5.89 Å². The van der Waals surface area contributed by atoms with Crippen molar-refractivity contribution in [3.63, 3.8) is 0 Å². The summed E-state index contributed by atoms with van der Waals surface area (Å²) in [7, 11) is 0. The summed E-state index contributed by atoms with van der Waals surface area (Å²) in [6.07, 6.45) is 4.76. The molecule has 3 aromatic heterocycles. The molecular weight excluding hydrogens is 260 g/mol. The van der Waals surface area contributed by atoms with Crippen LogP contribution in [0.25, 0.3) is 11.7 Å². The zero-order chi connectivity index (χ0) is 13.8. The first-order valence-electron chi connectivity index (χ1n) is 6.23. The Morgan fingerprint density at radius 1 is 1.45 bits per heavy atom. The molecule has 8 nitrogen and oxygen atoms in total. The van der Waals surface area contributed by atoms with Crippen molar-refractivity contribution in [2.45, 2.75) is 26.1 Å². The smallest absolute Gasteiger partial charge is 0.293 e. The number of aromatic nitrogens is 5. The maximum absolute atomic E-state index is 5.19. The highest BCUT2D eigenvalue weighted by molar-refractivity contribution is 5.42. The first-order valence-corrected chi connectivity index (χ1v) is 6.23. The SMILES string of the molecule is C[C@H](Cn1cncn1)NCc1noc(-c2ccco2)n1. The number of rotatable bonds is 6. The van der Waals surface area contributed by atoms with Gasteiger partial charge in [-0.2, -0.15) is 10.1 Å². The molecule has 0 saturated carbocycles. The predicted molar refractivity (Wildman–Crippen MR) is 68.3 cm³/mol. The fourth-order valence-electron chi connectivity index (χ4n) is 1.76. The second-order valence-corrected chi connectivity index (χ2v) is 4.39. The maximum Gasteiger partial charge on any atom is 0.293 e. The minimum Gasteiger partial charge on any atom is -0.459 e. The van der Waals surface area contributed by atoms with Gasteiger partial charge in [-0.3, -0.25) is 4.68 Å². The molecule has 0 spiro atoms. The largest absolute Gasteiger partial charge is 0.459 e. The monoisotopic (exact) mass is 274 g/mol. The van der Waals surface area contributed by atoms with Crippen molar-refractivity contribution in [3.05, 3.63) is 36.9 Å². The molecule has 0 amide bonds. The van der Waals surface area contributed by atoms with E-state index in [1.165, 1.54) is 6.33 Å². The molecule has 0 aliphatic rings. The Morgan fingerprint density at radius 3 is 3.15 bits per heavy atom. The molecule has 20 heavy (non-hydrogen) atoms. The number of hydrogen-bond acceptors (Lipinski definition) is 7. The van der Waals surface area contributed by atoms with Crippen LogP contribution in [0.4, 0.5) is 0 Å². The van der Waals surface area contributed by atoms with Crippen molar-refractivity contribution < 1.29 is 8.94 Å². The number of nitrogens with zero attached hydrogens (tertiary/aromatic N) is 5. The molecule has 0 aliphatic carbocycles. The molecule has 1 atom stereocenters. The molecule has 8 heteroatoms. The zero-order valence-electron chi connectivity index (χ0n) is 10.9. The van der Waals surface area contributed by atoms with Crippen molar-refractivity contribution in [2.24, 2.45) is 0 Å². The number of furan rings is 1. The van der Waals surface area contributed by atoms with E-state index in [0.717, 1.165) is 6.54 Å². The second-order valence-electron chi connectivity index (χ2n) is 4.39. The summed E-state index contributed by atoms with van der Waals surface area (Å²) in [5, 5.41) is 11.2. The molecule has 3 rings (SSSR count). The van der Waals surface area contributed by atoms with Gasteiger partial charge in [0.1, 0.15) is 12.7 Å². The van der Waals surface area contributed by atoms with Crippen LogP contribution in [0.5, 0.6) is 0 Å². The van der Waals surface area contributed by atoms with Gasteiger partial charge in [0, 0.05) is 6.04 Å². The lowest BCUT2D eigenvalue weighted by atomic mass is 10.3.